The van der Waals surface area contributed by atoms with E-state index in [2.05, 4.69) is 19.9 Å². The van der Waals surface area contributed by atoms with Crippen molar-refractivity contribution >= 4 is 29.3 Å². The fourth-order valence-corrected chi connectivity index (χ4v) is 3.54. The molecule has 3 aliphatic rings. The second kappa shape index (κ2) is 7.15. The van der Waals surface area contributed by atoms with Gasteiger partial charge in [-0.25, -0.2) is 10.0 Å². The number of likely N-dealkylation sites (N-methyl/N-ethyl adjacent to an activating group) is 1. The molecule has 0 bridgehead atoms. The van der Waals surface area contributed by atoms with Crippen LogP contribution >= 0.6 is 0 Å². The monoisotopic (exact) mass is 403 g/mol. The smallest absolute Gasteiger partial charge is 0.351 e. The largest absolute Gasteiger partial charge is 0.417 e. The van der Waals surface area contributed by atoms with Crippen molar-refractivity contribution in [2.45, 2.75) is 25.6 Å². The molecule has 10 heteroatoms. The summed E-state index contributed by atoms with van der Waals surface area (Å²) in [6.45, 7) is 5.06. The third kappa shape index (κ3) is 3.58. The summed E-state index contributed by atoms with van der Waals surface area (Å²) in [6, 6.07) is 3.71. The average molecular weight is 403 g/mol. The highest BCUT2D eigenvalue weighted by atomic mass is 19.4. The lowest BCUT2D eigenvalue weighted by Crippen LogP contribution is -2.52. The molecule has 0 amide bonds. The zero-order valence-corrected chi connectivity index (χ0v) is 16.1. The van der Waals surface area contributed by atoms with Gasteiger partial charge < -0.3 is 9.80 Å². The summed E-state index contributed by atoms with van der Waals surface area (Å²) in [7, 11) is 2.04. The number of aliphatic imine (C=N–C) groups is 2. The number of anilines is 1. The Hall–Kier alpha value is -2.93. The third-order valence-corrected chi connectivity index (χ3v) is 5.18. The molecule has 0 radical (unpaired) electrons. The number of piperazine rings is 1. The first-order valence-electron chi connectivity index (χ1n) is 9.36. The van der Waals surface area contributed by atoms with Crippen molar-refractivity contribution in [2.24, 2.45) is 15.1 Å². The van der Waals surface area contributed by atoms with E-state index in [1.54, 1.807) is 12.3 Å². The Bertz CT molecular complexity index is 950. The number of nitrogens with zero attached hydrogens (tertiary/aromatic N) is 7. The number of hydrazone groups is 1. The first kappa shape index (κ1) is 19.4. The quantitative estimate of drug-likeness (QED) is 0.668. The standard InChI is InChI=1S/C19H20F3N7/c1-12-3-4-24-29-16-10-14(19(20,21)22)13(11-23)9-15(16)26-17(18(29)25-12)28-7-5-27(2)6-8-28/h4,9-10,12H,3,5-8H2,1-2H3. The molecule has 0 aliphatic carbocycles. The van der Waals surface area contributed by atoms with Gasteiger partial charge >= 0.3 is 6.18 Å². The highest BCUT2D eigenvalue weighted by molar-refractivity contribution is 6.47. The van der Waals surface area contributed by atoms with E-state index in [0.717, 1.165) is 32.2 Å². The number of halogens is 3. The van der Waals surface area contributed by atoms with Crippen LogP contribution in [0.2, 0.25) is 0 Å². The number of amidine groups is 2. The fourth-order valence-electron chi connectivity index (χ4n) is 3.54. The highest BCUT2D eigenvalue weighted by Crippen LogP contribution is 2.42. The van der Waals surface area contributed by atoms with Gasteiger partial charge in [0.25, 0.3) is 0 Å². The van der Waals surface area contributed by atoms with Crippen LogP contribution in [-0.4, -0.2) is 67.0 Å². The lowest BCUT2D eigenvalue weighted by molar-refractivity contribution is -0.137. The van der Waals surface area contributed by atoms with E-state index < -0.39 is 17.3 Å². The van der Waals surface area contributed by atoms with Gasteiger partial charge in [0.2, 0.25) is 0 Å². The second-order valence-corrected chi connectivity index (χ2v) is 7.37. The summed E-state index contributed by atoms with van der Waals surface area (Å²) in [5.41, 5.74) is -0.985. The topological polar surface area (TPSA) is 70.6 Å². The first-order chi connectivity index (χ1) is 13.8. The van der Waals surface area contributed by atoms with E-state index >= 15 is 0 Å². The van der Waals surface area contributed by atoms with E-state index in [4.69, 9.17) is 4.99 Å². The minimum atomic E-state index is -4.65. The maximum atomic E-state index is 13.5. The summed E-state index contributed by atoms with van der Waals surface area (Å²) in [5.74, 6) is 1.03. The van der Waals surface area contributed by atoms with Crippen molar-refractivity contribution in [1.29, 1.82) is 5.26 Å². The van der Waals surface area contributed by atoms with E-state index in [0.29, 0.717) is 18.1 Å². The van der Waals surface area contributed by atoms with Crippen molar-refractivity contribution in [3.05, 3.63) is 23.3 Å². The predicted octanol–water partition coefficient (Wildman–Crippen LogP) is 2.85. The van der Waals surface area contributed by atoms with Gasteiger partial charge in [-0.15, -0.1) is 0 Å². The van der Waals surface area contributed by atoms with Crippen LogP contribution in [-0.2, 0) is 6.18 Å². The van der Waals surface area contributed by atoms with Crippen LogP contribution in [0.25, 0.3) is 0 Å². The number of benzene rings is 1. The molecule has 3 aliphatic heterocycles. The van der Waals surface area contributed by atoms with Gasteiger partial charge in [0.15, 0.2) is 11.7 Å². The first-order valence-corrected chi connectivity index (χ1v) is 9.36. The Labute approximate surface area is 166 Å². The van der Waals surface area contributed by atoms with E-state index in [1.165, 1.54) is 11.1 Å². The Kier molecular flexibility index (Phi) is 4.78. The van der Waals surface area contributed by atoms with Crippen molar-refractivity contribution in [2.75, 3.05) is 38.2 Å². The van der Waals surface area contributed by atoms with E-state index in [-0.39, 0.29) is 17.4 Å². The van der Waals surface area contributed by atoms with E-state index in [1.807, 2.05) is 14.0 Å². The van der Waals surface area contributed by atoms with Gasteiger partial charge in [-0.05, 0) is 26.1 Å². The lowest BCUT2D eigenvalue weighted by atomic mass is 10.0. The highest BCUT2D eigenvalue weighted by Gasteiger charge is 2.38. The molecule has 1 aromatic carbocycles. The summed E-state index contributed by atoms with van der Waals surface area (Å²) in [4.78, 5) is 13.6. The van der Waals surface area contributed by atoms with Crippen LogP contribution in [0.1, 0.15) is 24.5 Å². The van der Waals surface area contributed by atoms with E-state index in [9.17, 15) is 18.4 Å². The molecule has 0 spiro atoms. The Morgan fingerprint density at radius 3 is 2.52 bits per heavy atom. The summed E-state index contributed by atoms with van der Waals surface area (Å²) in [5, 5.41) is 15.1. The van der Waals surface area contributed by atoms with Gasteiger partial charge in [0.1, 0.15) is 0 Å². The number of fused-ring (bicyclic) bond motifs is 3. The summed E-state index contributed by atoms with van der Waals surface area (Å²) < 4.78 is 40.5. The van der Waals surface area contributed by atoms with Crippen LogP contribution in [0, 0.1) is 11.3 Å². The Morgan fingerprint density at radius 1 is 1.14 bits per heavy atom. The summed E-state index contributed by atoms with van der Waals surface area (Å²) >= 11 is 0. The lowest BCUT2D eigenvalue weighted by Gasteiger charge is -2.38. The van der Waals surface area contributed by atoms with Gasteiger partial charge in [-0.3, -0.25) is 4.99 Å². The molecule has 3 heterocycles. The molecule has 1 fully saturated rings. The fraction of sp³-hybridized carbons (Fsp3) is 0.474. The van der Waals surface area contributed by atoms with Crippen LogP contribution < -0.4 is 5.01 Å². The zero-order valence-electron chi connectivity index (χ0n) is 16.1. The normalized spacial score (nSPS) is 22.3. The molecule has 29 heavy (non-hydrogen) atoms. The molecular weight excluding hydrogens is 383 g/mol. The molecule has 4 rings (SSSR count). The SMILES string of the molecule is CC1CC=NN2C(=N1)C(N1CCN(C)CC1)=Nc1cc(C#N)c(C(F)(F)F)cc12. The molecular formula is C19H20F3N7. The number of hydrogen-bond acceptors (Lipinski definition) is 7. The maximum absolute atomic E-state index is 13.5. The Balaban J connectivity index is 1.89. The molecule has 0 saturated carbocycles. The van der Waals surface area contributed by atoms with Gasteiger partial charge in [-0.2, -0.15) is 23.5 Å². The van der Waals surface area contributed by atoms with Crippen molar-refractivity contribution in [3.63, 3.8) is 0 Å². The number of rotatable bonds is 0. The second-order valence-electron chi connectivity index (χ2n) is 7.37. The minimum absolute atomic E-state index is 0.0709. The van der Waals surface area contributed by atoms with Crippen molar-refractivity contribution in [1.82, 2.24) is 9.80 Å². The minimum Gasteiger partial charge on any atom is -0.351 e. The molecule has 1 atom stereocenters. The molecule has 0 aromatic heterocycles. The van der Waals surface area contributed by atoms with Crippen molar-refractivity contribution < 1.29 is 13.2 Å². The third-order valence-electron chi connectivity index (χ3n) is 5.18. The predicted molar refractivity (Wildman–Crippen MR) is 105 cm³/mol. The van der Waals surface area contributed by atoms with Crippen molar-refractivity contribution in [3.8, 4) is 6.07 Å². The van der Waals surface area contributed by atoms with Crippen LogP contribution in [0.4, 0.5) is 24.5 Å². The molecule has 1 unspecified atom stereocenters. The maximum Gasteiger partial charge on any atom is 0.417 e. The summed E-state index contributed by atoms with van der Waals surface area (Å²) in [6.07, 6.45) is -2.42. The molecule has 1 aromatic rings. The average Bonchev–Trinajstić information content (AvgIpc) is 2.87. The Morgan fingerprint density at radius 2 is 1.86 bits per heavy atom. The number of alkyl halides is 3. The van der Waals surface area contributed by atoms with Gasteiger partial charge in [-0.1, -0.05) is 0 Å². The van der Waals surface area contributed by atoms with Crippen LogP contribution in [0.15, 0.2) is 27.2 Å². The zero-order chi connectivity index (χ0) is 20.8. The molecule has 0 N–H and O–H groups in total. The van der Waals surface area contributed by atoms with Crippen LogP contribution in [0.3, 0.4) is 0 Å². The molecule has 152 valence electrons. The van der Waals surface area contributed by atoms with Gasteiger partial charge in [0.05, 0.1) is 34.6 Å². The number of hydrogen-bond donors (Lipinski definition) is 0. The molecule has 7 nitrogen and oxygen atoms in total. The number of nitriles is 1. The van der Waals surface area contributed by atoms with Crippen LogP contribution in [0.5, 0.6) is 0 Å². The molecule has 1 saturated heterocycles. The van der Waals surface area contributed by atoms with Gasteiger partial charge in [0, 0.05) is 38.8 Å².